The van der Waals surface area contributed by atoms with Gasteiger partial charge in [-0.1, -0.05) is 0 Å². The maximum absolute atomic E-state index is 12.4. The fraction of sp³-hybridized carbons (Fsp3) is 0.462. The molecule has 20 heavy (non-hydrogen) atoms. The van der Waals surface area contributed by atoms with Crippen LogP contribution in [-0.2, 0) is 6.18 Å². The normalized spacial score (nSPS) is 19.4. The first-order valence-corrected chi connectivity index (χ1v) is 6.08. The van der Waals surface area contributed by atoms with Crippen LogP contribution in [0.4, 0.5) is 13.2 Å². The molecule has 1 aromatic rings. The van der Waals surface area contributed by atoms with Gasteiger partial charge in [0.15, 0.2) is 0 Å². The molecule has 0 saturated carbocycles. The van der Waals surface area contributed by atoms with Gasteiger partial charge in [0.2, 0.25) is 0 Å². The van der Waals surface area contributed by atoms with Gasteiger partial charge in [-0.2, -0.15) is 13.2 Å². The van der Waals surface area contributed by atoms with Crippen LogP contribution in [0.25, 0.3) is 0 Å². The first-order chi connectivity index (χ1) is 8.89. The molecule has 1 aliphatic rings. The summed E-state index contributed by atoms with van der Waals surface area (Å²) in [5.74, 6) is -0.220. The Kier molecular flexibility index (Phi) is 5.42. The number of piperazine rings is 1. The number of benzene rings is 1. The third-order valence-electron chi connectivity index (χ3n) is 3.22. The monoisotopic (exact) mass is 308 g/mol. The predicted molar refractivity (Wildman–Crippen MR) is 72.1 cm³/mol. The Labute approximate surface area is 121 Å². The molecular formula is C13H16ClF3N2O. The van der Waals surface area contributed by atoms with Crippen LogP contribution in [0, 0.1) is 0 Å². The van der Waals surface area contributed by atoms with Gasteiger partial charge in [-0.15, -0.1) is 12.4 Å². The van der Waals surface area contributed by atoms with Crippen molar-refractivity contribution in [3.63, 3.8) is 0 Å². The number of carbonyl (C=O) groups is 1. The average Bonchev–Trinajstić information content (AvgIpc) is 2.38. The molecule has 1 heterocycles. The molecule has 112 valence electrons. The van der Waals surface area contributed by atoms with E-state index in [-0.39, 0.29) is 24.4 Å². The van der Waals surface area contributed by atoms with Gasteiger partial charge in [0.05, 0.1) is 5.56 Å². The molecule has 1 fully saturated rings. The van der Waals surface area contributed by atoms with E-state index in [0.29, 0.717) is 25.2 Å². The topological polar surface area (TPSA) is 32.3 Å². The van der Waals surface area contributed by atoms with E-state index in [1.54, 1.807) is 4.90 Å². The smallest absolute Gasteiger partial charge is 0.333 e. The molecular weight excluding hydrogens is 293 g/mol. The van der Waals surface area contributed by atoms with E-state index in [4.69, 9.17) is 0 Å². The summed E-state index contributed by atoms with van der Waals surface area (Å²) < 4.78 is 37.3. The molecule has 1 aliphatic heterocycles. The summed E-state index contributed by atoms with van der Waals surface area (Å²) in [6, 6.07) is 4.41. The number of rotatable bonds is 1. The van der Waals surface area contributed by atoms with Gasteiger partial charge < -0.3 is 10.2 Å². The van der Waals surface area contributed by atoms with Crippen molar-refractivity contribution >= 4 is 18.3 Å². The molecule has 0 aliphatic carbocycles. The quantitative estimate of drug-likeness (QED) is 0.865. The second-order valence-corrected chi connectivity index (χ2v) is 4.63. The second-order valence-electron chi connectivity index (χ2n) is 4.63. The van der Waals surface area contributed by atoms with Crippen LogP contribution in [0.3, 0.4) is 0 Å². The summed E-state index contributed by atoms with van der Waals surface area (Å²) in [6.45, 7) is 3.89. The fourth-order valence-electron chi connectivity index (χ4n) is 2.11. The first-order valence-electron chi connectivity index (χ1n) is 6.08. The Morgan fingerprint density at radius 2 is 1.90 bits per heavy atom. The fourth-order valence-corrected chi connectivity index (χ4v) is 2.11. The Morgan fingerprint density at radius 1 is 1.30 bits per heavy atom. The van der Waals surface area contributed by atoms with Crippen molar-refractivity contribution in [3.8, 4) is 0 Å². The molecule has 1 N–H and O–H groups in total. The van der Waals surface area contributed by atoms with Crippen LogP contribution in [0.5, 0.6) is 0 Å². The summed E-state index contributed by atoms with van der Waals surface area (Å²) in [5, 5.41) is 3.16. The number of alkyl halides is 3. The lowest BCUT2D eigenvalue weighted by Gasteiger charge is -2.34. The average molecular weight is 309 g/mol. The molecule has 2 rings (SSSR count). The van der Waals surface area contributed by atoms with Crippen LogP contribution in [0.15, 0.2) is 24.3 Å². The highest BCUT2D eigenvalue weighted by Crippen LogP contribution is 2.29. The summed E-state index contributed by atoms with van der Waals surface area (Å²) in [4.78, 5) is 13.9. The van der Waals surface area contributed by atoms with Gasteiger partial charge in [-0.05, 0) is 31.2 Å². The molecule has 1 atom stereocenters. The Bertz CT molecular complexity index is 462. The van der Waals surface area contributed by atoms with Gasteiger partial charge in [0.25, 0.3) is 5.91 Å². The van der Waals surface area contributed by atoms with Gasteiger partial charge in [-0.25, -0.2) is 0 Å². The summed E-state index contributed by atoms with van der Waals surface area (Å²) >= 11 is 0. The zero-order valence-electron chi connectivity index (χ0n) is 10.9. The first kappa shape index (κ1) is 16.8. The maximum Gasteiger partial charge on any atom is 0.416 e. The zero-order valence-corrected chi connectivity index (χ0v) is 11.7. The molecule has 7 heteroatoms. The van der Waals surface area contributed by atoms with E-state index in [0.717, 1.165) is 12.1 Å². The Balaban J connectivity index is 0.00000200. The molecule has 3 nitrogen and oxygen atoms in total. The van der Waals surface area contributed by atoms with Crippen LogP contribution in [0.2, 0.25) is 0 Å². The SMILES string of the molecule is CC1CNCCN1C(=O)c1ccc(C(F)(F)F)cc1.Cl. The standard InChI is InChI=1S/C13H15F3N2O.ClH/c1-9-8-17-6-7-18(9)12(19)10-2-4-11(5-3-10)13(14,15)16;/h2-5,9,17H,6-8H2,1H3;1H. The van der Waals surface area contributed by atoms with Crippen molar-refractivity contribution in [2.45, 2.75) is 19.1 Å². The van der Waals surface area contributed by atoms with Crippen LogP contribution in [0.1, 0.15) is 22.8 Å². The number of hydrogen-bond donors (Lipinski definition) is 1. The highest BCUT2D eigenvalue weighted by Gasteiger charge is 2.31. The molecule has 1 unspecified atom stereocenters. The lowest BCUT2D eigenvalue weighted by Crippen LogP contribution is -2.52. The van der Waals surface area contributed by atoms with Crippen molar-refractivity contribution in [2.75, 3.05) is 19.6 Å². The number of nitrogens with one attached hydrogen (secondary N) is 1. The lowest BCUT2D eigenvalue weighted by molar-refractivity contribution is -0.137. The number of hydrogen-bond acceptors (Lipinski definition) is 2. The number of amides is 1. The van der Waals surface area contributed by atoms with Gasteiger partial charge in [0, 0.05) is 31.2 Å². The van der Waals surface area contributed by atoms with Crippen molar-refractivity contribution in [3.05, 3.63) is 35.4 Å². The third-order valence-corrected chi connectivity index (χ3v) is 3.22. The minimum absolute atomic E-state index is 0. The lowest BCUT2D eigenvalue weighted by atomic mass is 10.1. The van der Waals surface area contributed by atoms with Gasteiger partial charge >= 0.3 is 6.18 Å². The highest BCUT2D eigenvalue weighted by atomic mass is 35.5. The largest absolute Gasteiger partial charge is 0.416 e. The minimum Gasteiger partial charge on any atom is -0.333 e. The van der Waals surface area contributed by atoms with Crippen molar-refractivity contribution in [1.82, 2.24) is 10.2 Å². The molecule has 0 radical (unpaired) electrons. The van der Waals surface area contributed by atoms with E-state index in [1.807, 2.05) is 6.92 Å². The minimum atomic E-state index is -4.37. The highest BCUT2D eigenvalue weighted by molar-refractivity contribution is 5.94. The van der Waals surface area contributed by atoms with E-state index in [9.17, 15) is 18.0 Å². The summed E-state index contributed by atoms with van der Waals surface area (Å²) in [7, 11) is 0. The predicted octanol–water partition coefficient (Wildman–Crippen LogP) is 2.56. The van der Waals surface area contributed by atoms with Crippen molar-refractivity contribution in [1.29, 1.82) is 0 Å². The summed E-state index contributed by atoms with van der Waals surface area (Å²) in [6.07, 6.45) is -4.37. The molecule has 1 aromatic carbocycles. The van der Waals surface area contributed by atoms with E-state index in [2.05, 4.69) is 5.32 Å². The van der Waals surface area contributed by atoms with Gasteiger partial charge in [0.1, 0.15) is 0 Å². The molecule has 0 spiro atoms. The van der Waals surface area contributed by atoms with Crippen molar-refractivity contribution in [2.24, 2.45) is 0 Å². The number of carbonyl (C=O) groups excluding carboxylic acids is 1. The van der Waals surface area contributed by atoms with E-state index >= 15 is 0 Å². The third kappa shape index (κ3) is 3.64. The van der Waals surface area contributed by atoms with Crippen LogP contribution < -0.4 is 5.32 Å². The summed E-state index contributed by atoms with van der Waals surface area (Å²) in [5.41, 5.74) is -0.445. The molecule has 0 bridgehead atoms. The molecule has 0 aromatic heterocycles. The Hall–Kier alpha value is -1.27. The zero-order chi connectivity index (χ0) is 14.0. The number of halogens is 4. The van der Waals surface area contributed by atoms with E-state index in [1.165, 1.54) is 12.1 Å². The molecule has 1 saturated heterocycles. The maximum atomic E-state index is 12.4. The molecule has 1 amide bonds. The second kappa shape index (κ2) is 6.45. The van der Waals surface area contributed by atoms with E-state index < -0.39 is 11.7 Å². The van der Waals surface area contributed by atoms with Crippen LogP contribution >= 0.6 is 12.4 Å². The number of nitrogens with zero attached hydrogens (tertiary/aromatic N) is 1. The Morgan fingerprint density at radius 3 is 2.40 bits per heavy atom. The van der Waals surface area contributed by atoms with Crippen LogP contribution in [-0.4, -0.2) is 36.5 Å². The van der Waals surface area contributed by atoms with Crippen molar-refractivity contribution < 1.29 is 18.0 Å². The van der Waals surface area contributed by atoms with Gasteiger partial charge in [-0.3, -0.25) is 4.79 Å².